The second-order valence-electron chi connectivity index (χ2n) is 6.24. The van der Waals surface area contributed by atoms with E-state index in [4.69, 9.17) is 4.74 Å². The highest BCUT2D eigenvalue weighted by Crippen LogP contribution is 2.24. The highest BCUT2D eigenvalue weighted by molar-refractivity contribution is 6.22. The van der Waals surface area contributed by atoms with Crippen LogP contribution >= 0.6 is 0 Å². The first-order valence-corrected chi connectivity index (χ1v) is 8.62. The van der Waals surface area contributed by atoms with Gasteiger partial charge < -0.3 is 4.74 Å². The fourth-order valence-corrected chi connectivity index (χ4v) is 3.02. The molecule has 0 N–H and O–H groups in total. The summed E-state index contributed by atoms with van der Waals surface area (Å²) < 4.78 is 6.06. The number of imide groups is 1. The van der Waals surface area contributed by atoms with Gasteiger partial charge in [-0.1, -0.05) is 23.4 Å². The number of carbonyl (C=O) groups excluding carboxylic acids is 3. The molecular weight excluding hydrogens is 376 g/mol. The molecule has 2 amide bonds. The molecule has 9 heteroatoms. The van der Waals surface area contributed by atoms with Gasteiger partial charge in [-0.3, -0.25) is 19.3 Å². The maximum atomic E-state index is 12.4. The van der Waals surface area contributed by atoms with Gasteiger partial charge in [0.2, 0.25) is 0 Å². The van der Waals surface area contributed by atoms with E-state index >= 15 is 0 Å². The second-order valence-corrected chi connectivity index (χ2v) is 6.24. The van der Waals surface area contributed by atoms with Crippen molar-refractivity contribution in [3.63, 3.8) is 0 Å². The van der Waals surface area contributed by atoms with Crippen LogP contribution in [0.3, 0.4) is 0 Å². The van der Waals surface area contributed by atoms with Crippen LogP contribution in [-0.4, -0.2) is 44.2 Å². The monoisotopic (exact) mass is 390 g/mol. The molecule has 0 fully saturated rings. The minimum atomic E-state index is -0.767. The van der Waals surface area contributed by atoms with Gasteiger partial charge in [-0.2, -0.15) is 4.68 Å². The fourth-order valence-electron chi connectivity index (χ4n) is 3.02. The van der Waals surface area contributed by atoms with E-state index < -0.39 is 30.1 Å². The van der Waals surface area contributed by atoms with Crippen LogP contribution in [0.5, 0.6) is 0 Å². The number of carbonyl (C=O) groups is 3. The van der Waals surface area contributed by atoms with Crippen molar-refractivity contribution in [3.05, 3.63) is 82.2 Å². The summed E-state index contributed by atoms with van der Waals surface area (Å²) in [5.74, 6) is -1.71. The minimum absolute atomic E-state index is 0.0761. The van der Waals surface area contributed by atoms with Crippen molar-refractivity contribution in [2.24, 2.45) is 0 Å². The third-order valence-corrected chi connectivity index (χ3v) is 4.47. The molecule has 0 saturated heterocycles. The highest BCUT2D eigenvalue weighted by Gasteiger charge is 2.35. The smallest absolute Gasteiger partial charge is 0.339 e. The Morgan fingerprint density at radius 3 is 2.62 bits per heavy atom. The van der Waals surface area contributed by atoms with Crippen LogP contribution in [0, 0.1) is 0 Å². The zero-order chi connectivity index (χ0) is 20.5. The van der Waals surface area contributed by atoms with E-state index in [0.29, 0.717) is 10.9 Å². The number of esters is 1. The molecule has 29 heavy (non-hydrogen) atoms. The standard InChI is InChI=1S/C20H14N4O5/c1-2-9-23-17(25)13-8-7-12(10-15(13)18(23)26)20(28)29-11-24-19(27)14-5-3-4-6-16(14)21-22-24/h2-8,10H,1,9,11H2. The number of fused-ring (bicyclic) bond motifs is 2. The lowest BCUT2D eigenvalue weighted by Gasteiger charge is -2.09. The lowest BCUT2D eigenvalue weighted by molar-refractivity contribution is 0.0336. The number of amides is 2. The number of benzene rings is 2. The Labute approximate surface area is 163 Å². The quantitative estimate of drug-likeness (QED) is 0.368. The van der Waals surface area contributed by atoms with Gasteiger partial charge in [-0.15, -0.1) is 11.7 Å². The zero-order valence-electron chi connectivity index (χ0n) is 15.1. The second kappa shape index (κ2) is 7.12. The molecule has 2 heterocycles. The van der Waals surface area contributed by atoms with Crippen molar-refractivity contribution in [1.82, 2.24) is 19.9 Å². The maximum absolute atomic E-state index is 12.4. The summed E-state index contributed by atoms with van der Waals surface area (Å²) in [5.41, 5.74) is 0.398. The topological polar surface area (TPSA) is 111 Å². The van der Waals surface area contributed by atoms with Gasteiger partial charge in [-0.25, -0.2) is 4.79 Å². The SMILES string of the molecule is C=CCN1C(=O)c2ccc(C(=O)OCn3nnc4ccccc4c3=O)cc2C1=O. The Bertz CT molecular complexity index is 1250. The first-order valence-electron chi connectivity index (χ1n) is 8.62. The van der Waals surface area contributed by atoms with Gasteiger partial charge in [0.1, 0.15) is 5.52 Å². The van der Waals surface area contributed by atoms with Crippen LogP contribution in [0.1, 0.15) is 31.1 Å². The molecule has 0 saturated carbocycles. The molecule has 9 nitrogen and oxygen atoms in total. The van der Waals surface area contributed by atoms with Gasteiger partial charge in [0.25, 0.3) is 17.4 Å². The van der Waals surface area contributed by atoms with Crippen molar-refractivity contribution >= 4 is 28.7 Å². The fraction of sp³-hybridized carbons (Fsp3) is 0.100. The number of nitrogens with zero attached hydrogens (tertiary/aromatic N) is 4. The molecule has 0 aliphatic carbocycles. The number of ether oxygens (including phenoxy) is 1. The van der Waals surface area contributed by atoms with Crippen LogP contribution in [0.15, 0.2) is 59.9 Å². The summed E-state index contributed by atoms with van der Waals surface area (Å²) in [5, 5.41) is 8.00. The molecule has 4 rings (SSSR count). The molecule has 0 unspecified atom stereocenters. The van der Waals surface area contributed by atoms with Crippen molar-refractivity contribution < 1.29 is 19.1 Å². The Morgan fingerprint density at radius 1 is 1.07 bits per heavy atom. The van der Waals surface area contributed by atoms with Gasteiger partial charge in [0, 0.05) is 6.54 Å². The predicted octanol–water partition coefficient (Wildman–Crippen LogP) is 1.39. The molecule has 1 aliphatic rings. The summed E-state index contributed by atoms with van der Waals surface area (Å²) in [6.45, 7) is 3.16. The first-order chi connectivity index (χ1) is 14.0. The summed E-state index contributed by atoms with van der Waals surface area (Å²) in [6.07, 6.45) is 1.44. The Hall–Kier alpha value is -4.14. The third-order valence-electron chi connectivity index (χ3n) is 4.47. The molecule has 2 aromatic carbocycles. The van der Waals surface area contributed by atoms with Crippen LogP contribution in [0.2, 0.25) is 0 Å². The van der Waals surface area contributed by atoms with E-state index in [9.17, 15) is 19.2 Å². The van der Waals surface area contributed by atoms with E-state index in [1.807, 2.05) is 0 Å². The van der Waals surface area contributed by atoms with Crippen molar-refractivity contribution in [1.29, 1.82) is 0 Å². The lowest BCUT2D eigenvalue weighted by Crippen LogP contribution is -2.29. The number of hydrogen-bond acceptors (Lipinski definition) is 7. The number of rotatable bonds is 5. The third kappa shape index (κ3) is 3.08. The Balaban J connectivity index is 1.54. The first kappa shape index (κ1) is 18.2. The summed E-state index contributed by atoms with van der Waals surface area (Å²) in [4.78, 5) is 50.4. The van der Waals surface area contributed by atoms with Crippen molar-refractivity contribution in [2.45, 2.75) is 6.73 Å². The van der Waals surface area contributed by atoms with E-state index in [-0.39, 0.29) is 23.2 Å². The van der Waals surface area contributed by atoms with Crippen LogP contribution in [-0.2, 0) is 11.5 Å². The maximum Gasteiger partial charge on any atom is 0.339 e. The van der Waals surface area contributed by atoms with E-state index in [0.717, 1.165) is 9.58 Å². The summed E-state index contributed by atoms with van der Waals surface area (Å²) >= 11 is 0. The molecule has 144 valence electrons. The van der Waals surface area contributed by atoms with Crippen LogP contribution in [0.25, 0.3) is 10.9 Å². The molecule has 0 atom stereocenters. The van der Waals surface area contributed by atoms with Crippen molar-refractivity contribution in [2.75, 3.05) is 6.54 Å². The van der Waals surface area contributed by atoms with Gasteiger partial charge in [-0.05, 0) is 30.3 Å². The molecule has 3 aromatic rings. The van der Waals surface area contributed by atoms with Gasteiger partial charge in [0.05, 0.1) is 22.1 Å². The largest absolute Gasteiger partial charge is 0.439 e. The van der Waals surface area contributed by atoms with Gasteiger partial charge in [0.15, 0.2) is 6.73 Å². The average molecular weight is 390 g/mol. The minimum Gasteiger partial charge on any atom is -0.439 e. The normalized spacial score (nSPS) is 12.9. The zero-order valence-corrected chi connectivity index (χ0v) is 15.1. The molecule has 0 spiro atoms. The number of hydrogen-bond donors (Lipinski definition) is 0. The predicted molar refractivity (Wildman–Crippen MR) is 101 cm³/mol. The van der Waals surface area contributed by atoms with E-state index in [1.165, 1.54) is 24.3 Å². The molecule has 0 bridgehead atoms. The Morgan fingerprint density at radius 2 is 1.83 bits per heavy atom. The molecule has 0 radical (unpaired) electrons. The molecular formula is C20H14N4O5. The highest BCUT2D eigenvalue weighted by atomic mass is 16.5. The van der Waals surface area contributed by atoms with Crippen LogP contribution < -0.4 is 5.56 Å². The number of aromatic nitrogens is 3. The van der Waals surface area contributed by atoms with Crippen LogP contribution in [0.4, 0.5) is 0 Å². The summed E-state index contributed by atoms with van der Waals surface area (Å²) in [7, 11) is 0. The average Bonchev–Trinajstić information content (AvgIpc) is 2.98. The summed E-state index contributed by atoms with van der Waals surface area (Å²) in [6, 6.07) is 10.8. The van der Waals surface area contributed by atoms with E-state index in [1.54, 1.807) is 24.3 Å². The van der Waals surface area contributed by atoms with E-state index in [2.05, 4.69) is 16.9 Å². The molecule has 1 aromatic heterocycles. The lowest BCUT2D eigenvalue weighted by atomic mass is 10.1. The molecule has 1 aliphatic heterocycles. The van der Waals surface area contributed by atoms with Gasteiger partial charge >= 0.3 is 5.97 Å². The Kier molecular flexibility index (Phi) is 4.47. The van der Waals surface area contributed by atoms with Crippen molar-refractivity contribution in [3.8, 4) is 0 Å².